The topological polar surface area (TPSA) is 0 Å². The van der Waals surface area contributed by atoms with Gasteiger partial charge in [0, 0.05) is 0 Å². The zero-order valence-corrected chi connectivity index (χ0v) is 17.0. The monoisotopic (exact) mass is 535 g/mol. The van der Waals surface area contributed by atoms with E-state index < -0.39 is 7.20 Å². The molecule has 0 aromatic heterocycles. The van der Waals surface area contributed by atoms with Crippen molar-refractivity contribution in [2.24, 2.45) is 0 Å². The molecule has 0 N–H and O–H groups in total. The Kier molecular flexibility index (Phi) is 3.85. The molecule has 2 unspecified atom stereocenters. The summed E-state index contributed by atoms with van der Waals surface area (Å²) in [6.07, 6.45) is 9.53. The van der Waals surface area contributed by atoms with Gasteiger partial charge in [-0.3, -0.25) is 0 Å². The molecule has 0 amide bonds. The normalized spacial score (nSPS) is 22.4. The van der Waals surface area contributed by atoms with E-state index in [4.69, 9.17) is 0 Å². The number of allylic oxidation sites excluding steroid dienone is 2. The van der Waals surface area contributed by atoms with Crippen LogP contribution >= 0.6 is 40.0 Å². The van der Waals surface area contributed by atoms with E-state index in [1.165, 1.54) is 22.3 Å². The Bertz CT molecular complexity index is 698. The van der Waals surface area contributed by atoms with Crippen molar-refractivity contribution >= 4 is 52.1 Å². The Hall–Kier alpha value is -0.0356. The number of fused-ring (bicyclic) bond motifs is 2. The van der Waals surface area contributed by atoms with Crippen LogP contribution in [0.25, 0.3) is 12.2 Å². The maximum absolute atomic E-state index is 2.83. The fourth-order valence-electron chi connectivity index (χ4n) is 3.23. The van der Waals surface area contributed by atoms with Crippen molar-refractivity contribution in [3.63, 3.8) is 0 Å². The van der Waals surface area contributed by atoms with Gasteiger partial charge in [0.15, 0.2) is 0 Å². The van der Waals surface area contributed by atoms with E-state index in [9.17, 15) is 0 Å². The fourth-order valence-corrected chi connectivity index (χ4v) is 14.7. The van der Waals surface area contributed by atoms with Gasteiger partial charge in [-0.1, -0.05) is 0 Å². The van der Waals surface area contributed by atoms with Gasteiger partial charge in [-0.05, 0) is 0 Å². The summed E-state index contributed by atoms with van der Waals surface area (Å²) in [7, 11) is -1.97. The summed E-state index contributed by atoms with van der Waals surface area (Å²) in [4.78, 5) is 0. The van der Waals surface area contributed by atoms with E-state index >= 15 is 0 Å². The third-order valence-electron chi connectivity index (χ3n) is 4.29. The Balaban J connectivity index is 1.76. The summed E-state index contributed by atoms with van der Waals surface area (Å²) in [5.41, 5.74) is 5.90. The molecule has 0 nitrogen and oxygen atoms in total. The summed E-state index contributed by atoms with van der Waals surface area (Å²) in [5, 5.41) is 0. The number of halogens is 2. The van der Waals surface area contributed by atoms with Crippen LogP contribution in [0.1, 0.15) is 31.5 Å². The van der Waals surface area contributed by atoms with Gasteiger partial charge >= 0.3 is 152 Å². The van der Waals surface area contributed by atoms with Gasteiger partial charge in [0.1, 0.15) is 0 Å². The van der Waals surface area contributed by atoms with Gasteiger partial charge in [-0.2, -0.15) is 0 Å². The molecular formula is C18H14I2V. The molecule has 0 saturated carbocycles. The number of benzene rings is 2. The molecule has 21 heavy (non-hydrogen) atoms. The first-order chi connectivity index (χ1) is 10.2. The van der Waals surface area contributed by atoms with Crippen LogP contribution in [0.3, 0.4) is 0 Å². The number of rotatable bonds is 2. The summed E-state index contributed by atoms with van der Waals surface area (Å²) in [5.74, 6) is 0. The van der Waals surface area contributed by atoms with Crippen LogP contribution in [0.5, 0.6) is 0 Å². The molecule has 0 radical (unpaired) electrons. The summed E-state index contributed by atoms with van der Waals surface area (Å²) >= 11 is 5.66. The Morgan fingerprint density at radius 1 is 0.667 bits per heavy atom. The van der Waals surface area contributed by atoms with Crippen LogP contribution in [0.2, 0.25) is 0 Å². The predicted octanol–water partition coefficient (Wildman–Crippen LogP) is 6.38. The average molecular weight is 535 g/mol. The second kappa shape index (κ2) is 5.55. The van der Waals surface area contributed by atoms with E-state index in [0.29, 0.717) is 9.26 Å². The van der Waals surface area contributed by atoms with Crippen molar-refractivity contribution in [3.05, 3.63) is 82.9 Å². The first kappa shape index (κ1) is 14.5. The van der Waals surface area contributed by atoms with E-state index in [2.05, 4.69) is 113 Å². The molecule has 0 fully saturated rings. The van der Waals surface area contributed by atoms with E-state index in [1.54, 1.807) is 0 Å². The Labute approximate surface area is 150 Å². The third kappa shape index (κ3) is 2.39. The molecule has 0 aliphatic heterocycles. The van der Waals surface area contributed by atoms with Crippen molar-refractivity contribution in [1.82, 2.24) is 0 Å². The molecule has 2 aromatic carbocycles. The molecule has 2 aliphatic carbocycles. The van der Waals surface area contributed by atoms with Gasteiger partial charge in [0.25, 0.3) is 0 Å². The molecule has 0 bridgehead atoms. The molecule has 2 atom stereocenters. The minimum absolute atomic E-state index is 0.626. The molecule has 2 aromatic rings. The molecule has 4 rings (SSSR count). The first-order valence-corrected chi connectivity index (χ1v) is 17.6. The zero-order chi connectivity index (χ0) is 14.4. The quantitative estimate of drug-likeness (QED) is 0.392. The molecule has 105 valence electrons. The van der Waals surface area contributed by atoms with Crippen molar-refractivity contribution < 1.29 is 7.20 Å². The summed E-state index contributed by atoms with van der Waals surface area (Å²) in [6, 6.07) is 17.8. The standard InChI is InChI=1S/2C9H7.2HI.V/c2*1-2-5-9-7-3-6-8(9)4-1;;;/h2*1-7H;2*1H;/q;;;;+2/p-2. The van der Waals surface area contributed by atoms with Crippen molar-refractivity contribution in [2.45, 2.75) is 9.26 Å². The Morgan fingerprint density at radius 2 is 1.10 bits per heavy atom. The maximum atomic E-state index is 2.83. The Morgan fingerprint density at radius 3 is 1.57 bits per heavy atom. The van der Waals surface area contributed by atoms with E-state index in [1.807, 2.05) is 0 Å². The van der Waals surface area contributed by atoms with Gasteiger partial charge in [0.2, 0.25) is 0 Å². The van der Waals surface area contributed by atoms with Gasteiger partial charge in [-0.15, -0.1) is 0 Å². The van der Waals surface area contributed by atoms with Gasteiger partial charge in [0.05, 0.1) is 0 Å². The van der Waals surface area contributed by atoms with Crippen LogP contribution in [0, 0.1) is 0 Å². The van der Waals surface area contributed by atoms with Crippen LogP contribution in [0.15, 0.2) is 60.7 Å². The average Bonchev–Trinajstić information content (AvgIpc) is 3.12. The SMILES string of the molecule is [I][V]([I])([CH]1C=Cc2ccccc21)[CH]1C=Cc2ccccc21. The molecule has 0 spiro atoms. The van der Waals surface area contributed by atoms with E-state index in [-0.39, 0.29) is 0 Å². The van der Waals surface area contributed by atoms with Gasteiger partial charge in [-0.25, -0.2) is 0 Å². The second-order valence-electron chi connectivity index (χ2n) is 5.47. The number of hydrogen-bond acceptors (Lipinski definition) is 0. The molecule has 0 heterocycles. The van der Waals surface area contributed by atoms with Crippen molar-refractivity contribution in [3.8, 4) is 0 Å². The van der Waals surface area contributed by atoms with Crippen LogP contribution in [-0.4, -0.2) is 0 Å². The summed E-state index contributed by atoms with van der Waals surface area (Å²) < 4.78 is 1.25. The second-order valence-corrected chi connectivity index (χ2v) is 29.9. The first-order valence-electron chi connectivity index (χ1n) is 7.00. The fraction of sp³-hybridized carbons (Fsp3) is 0.111. The molecular weight excluding hydrogens is 521 g/mol. The van der Waals surface area contributed by atoms with Crippen LogP contribution in [0.4, 0.5) is 0 Å². The van der Waals surface area contributed by atoms with Crippen molar-refractivity contribution in [2.75, 3.05) is 0 Å². The predicted molar refractivity (Wildman–Crippen MR) is 104 cm³/mol. The van der Waals surface area contributed by atoms with Crippen LogP contribution < -0.4 is 0 Å². The summed E-state index contributed by atoms with van der Waals surface area (Å²) in [6.45, 7) is 0. The van der Waals surface area contributed by atoms with Gasteiger partial charge < -0.3 is 0 Å². The molecule has 0 saturated heterocycles. The molecule has 2 aliphatic rings. The third-order valence-corrected chi connectivity index (χ3v) is 17.9. The number of hydrogen-bond donors (Lipinski definition) is 0. The minimum atomic E-state index is -1.97. The van der Waals surface area contributed by atoms with Crippen molar-refractivity contribution in [1.29, 1.82) is 0 Å². The van der Waals surface area contributed by atoms with Crippen LogP contribution in [-0.2, 0) is 7.20 Å². The molecule has 3 heteroatoms. The van der Waals surface area contributed by atoms with E-state index in [0.717, 1.165) is 0 Å². The zero-order valence-electron chi connectivity index (χ0n) is 11.3.